The van der Waals surface area contributed by atoms with Gasteiger partial charge in [-0.2, -0.15) is 0 Å². The predicted molar refractivity (Wildman–Crippen MR) is 75.3 cm³/mol. The molecule has 7 heteroatoms. The van der Waals surface area contributed by atoms with Crippen molar-refractivity contribution in [1.82, 2.24) is 4.98 Å². The average Bonchev–Trinajstić information content (AvgIpc) is 2.42. The van der Waals surface area contributed by atoms with Crippen LogP contribution in [0, 0.1) is 0 Å². The van der Waals surface area contributed by atoms with Crippen LogP contribution in [0.2, 0.25) is 5.02 Å². The van der Waals surface area contributed by atoms with E-state index in [-0.39, 0.29) is 11.4 Å². The van der Waals surface area contributed by atoms with Crippen LogP contribution in [-0.4, -0.2) is 22.1 Å². The summed E-state index contributed by atoms with van der Waals surface area (Å²) >= 11 is 5.90. The topological polar surface area (TPSA) is 91.3 Å². The van der Waals surface area contributed by atoms with Gasteiger partial charge >= 0.3 is 12.0 Å². The Morgan fingerprint density at radius 3 is 2.45 bits per heavy atom. The lowest BCUT2D eigenvalue weighted by molar-refractivity contribution is 0.0696. The largest absolute Gasteiger partial charge is 0.478 e. The van der Waals surface area contributed by atoms with Crippen LogP contribution < -0.4 is 10.6 Å². The summed E-state index contributed by atoms with van der Waals surface area (Å²) in [5.41, 5.74) is 0.510. The van der Waals surface area contributed by atoms with E-state index in [2.05, 4.69) is 15.6 Å². The Kier molecular flexibility index (Phi) is 4.17. The number of hydrogen-bond donors (Lipinski definition) is 3. The van der Waals surface area contributed by atoms with E-state index in [9.17, 15) is 9.59 Å². The summed E-state index contributed by atoms with van der Waals surface area (Å²) in [5, 5.41) is 14.2. The number of pyridine rings is 1. The van der Waals surface area contributed by atoms with E-state index in [1.54, 1.807) is 24.3 Å². The van der Waals surface area contributed by atoms with Gasteiger partial charge in [0.05, 0.1) is 16.3 Å². The molecule has 0 saturated heterocycles. The van der Waals surface area contributed by atoms with E-state index in [1.165, 1.54) is 12.1 Å². The van der Waals surface area contributed by atoms with Crippen molar-refractivity contribution >= 4 is 35.1 Å². The highest BCUT2D eigenvalue weighted by molar-refractivity contribution is 6.33. The van der Waals surface area contributed by atoms with Gasteiger partial charge in [0.2, 0.25) is 0 Å². The van der Waals surface area contributed by atoms with Crippen molar-refractivity contribution in [3.63, 3.8) is 0 Å². The number of rotatable bonds is 3. The quantitative estimate of drug-likeness (QED) is 0.810. The summed E-state index contributed by atoms with van der Waals surface area (Å²) < 4.78 is 0. The smallest absolute Gasteiger partial charge is 0.337 e. The molecule has 0 fully saturated rings. The zero-order chi connectivity index (χ0) is 14.5. The maximum Gasteiger partial charge on any atom is 0.337 e. The van der Waals surface area contributed by atoms with Crippen LogP contribution in [0.15, 0.2) is 42.6 Å². The van der Waals surface area contributed by atoms with Gasteiger partial charge in [-0.25, -0.2) is 14.6 Å². The van der Waals surface area contributed by atoms with Gasteiger partial charge in [0, 0.05) is 6.20 Å². The molecule has 2 rings (SSSR count). The monoisotopic (exact) mass is 291 g/mol. The fraction of sp³-hybridized carbons (Fsp3) is 0. The molecule has 1 aromatic carbocycles. The first kappa shape index (κ1) is 13.8. The molecule has 102 valence electrons. The average molecular weight is 292 g/mol. The number of amides is 2. The molecule has 0 spiro atoms. The Morgan fingerprint density at radius 1 is 1.10 bits per heavy atom. The Hall–Kier alpha value is -2.60. The second kappa shape index (κ2) is 6.03. The first-order valence-corrected chi connectivity index (χ1v) is 5.96. The zero-order valence-corrected chi connectivity index (χ0v) is 10.9. The molecular formula is C13H10ClN3O3. The molecule has 0 aliphatic heterocycles. The number of carboxylic acids is 1. The third-order valence-corrected chi connectivity index (χ3v) is 2.70. The molecule has 0 unspecified atom stereocenters. The number of halogens is 1. The maximum absolute atomic E-state index is 11.7. The van der Waals surface area contributed by atoms with Crippen LogP contribution in [-0.2, 0) is 0 Å². The van der Waals surface area contributed by atoms with Crippen LogP contribution in [0.5, 0.6) is 0 Å². The molecule has 1 heterocycles. The van der Waals surface area contributed by atoms with Crippen LogP contribution in [0.25, 0.3) is 0 Å². The maximum atomic E-state index is 11.7. The van der Waals surface area contributed by atoms with Crippen molar-refractivity contribution in [2.45, 2.75) is 0 Å². The Balaban J connectivity index is 2.01. The van der Waals surface area contributed by atoms with Crippen LogP contribution >= 0.6 is 11.6 Å². The van der Waals surface area contributed by atoms with Gasteiger partial charge in [0.15, 0.2) is 0 Å². The second-order valence-electron chi connectivity index (χ2n) is 3.80. The Labute approximate surface area is 119 Å². The van der Waals surface area contributed by atoms with Gasteiger partial charge in [-0.15, -0.1) is 0 Å². The van der Waals surface area contributed by atoms with E-state index in [0.717, 1.165) is 6.20 Å². The fourth-order valence-electron chi connectivity index (χ4n) is 1.43. The number of anilines is 2. The Bertz CT molecular complexity index is 644. The minimum atomic E-state index is -1.08. The zero-order valence-electron chi connectivity index (χ0n) is 10.1. The number of nitrogens with zero attached hydrogens (tertiary/aromatic N) is 1. The lowest BCUT2D eigenvalue weighted by Gasteiger charge is -2.08. The van der Waals surface area contributed by atoms with Crippen LogP contribution in [0.1, 0.15) is 10.4 Å². The third kappa shape index (κ3) is 3.46. The third-order valence-electron chi connectivity index (χ3n) is 2.37. The molecule has 0 atom stereocenters. The van der Waals surface area contributed by atoms with Crippen molar-refractivity contribution < 1.29 is 14.7 Å². The van der Waals surface area contributed by atoms with Gasteiger partial charge in [0.1, 0.15) is 5.82 Å². The number of carboxylic acid groups (broad SMARTS) is 1. The molecule has 0 radical (unpaired) electrons. The van der Waals surface area contributed by atoms with Crippen LogP contribution in [0.3, 0.4) is 0 Å². The SMILES string of the molecule is O=C(Nc1ccc(C(=O)O)cn1)Nc1ccccc1Cl. The summed E-state index contributed by atoms with van der Waals surface area (Å²) in [6, 6.07) is 9.02. The van der Waals surface area contributed by atoms with Crippen molar-refractivity contribution in [2.24, 2.45) is 0 Å². The molecule has 1 aromatic heterocycles. The minimum absolute atomic E-state index is 0.0436. The Morgan fingerprint density at radius 2 is 1.85 bits per heavy atom. The number of carbonyl (C=O) groups is 2. The molecule has 3 N–H and O–H groups in total. The number of nitrogens with one attached hydrogen (secondary N) is 2. The highest BCUT2D eigenvalue weighted by Crippen LogP contribution is 2.20. The molecule has 6 nitrogen and oxygen atoms in total. The standard InChI is InChI=1S/C13H10ClN3O3/c14-9-3-1-2-4-10(9)16-13(20)17-11-6-5-8(7-15-11)12(18)19/h1-7H,(H,18,19)(H2,15,16,17,20). The van der Waals surface area contributed by atoms with Gasteiger partial charge in [-0.05, 0) is 24.3 Å². The first-order valence-electron chi connectivity index (χ1n) is 5.58. The molecule has 0 aliphatic rings. The van der Waals surface area contributed by atoms with Gasteiger partial charge in [0.25, 0.3) is 0 Å². The highest BCUT2D eigenvalue weighted by Gasteiger charge is 2.07. The van der Waals surface area contributed by atoms with Crippen LogP contribution in [0.4, 0.5) is 16.3 Å². The summed E-state index contributed by atoms with van der Waals surface area (Å²) in [6.07, 6.45) is 1.16. The summed E-state index contributed by atoms with van der Waals surface area (Å²) in [4.78, 5) is 26.2. The van der Waals surface area contributed by atoms with Gasteiger partial charge in [-0.1, -0.05) is 23.7 Å². The van der Waals surface area contributed by atoms with E-state index >= 15 is 0 Å². The number of aromatic nitrogens is 1. The number of carbonyl (C=O) groups excluding carboxylic acids is 1. The van der Waals surface area contributed by atoms with E-state index < -0.39 is 12.0 Å². The molecule has 20 heavy (non-hydrogen) atoms. The normalized spacial score (nSPS) is 9.85. The lowest BCUT2D eigenvalue weighted by atomic mass is 10.3. The predicted octanol–water partition coefficient (Wildman–Crippen LogP) is 3.08. The summed E-state index contributed by atoms with van der Waals surface area (Å²) in [5.74, 6) is -0.843. The fourth-order valence-corrected chi connectivity index (χ4v) is 1.61. The minimum Gasteiger partial charge on any atom is -0.478 e. The van der Waals surface area contributed by atoms with Crippen molar-refractivity contribution in [1.29, 1.82) is 0 Å². The second-order valence-corrected chi connectivity index (χ2v) is 4.20. The molecule has 0 bridgehead atoms. The van der Waals surface area contributed by atoms with Gasteiger partial charge in [-0.3, -0.25) is 5.32 Å². The highest BCUT2D eigenvalue weighted by atomic mass is 35.5. The summed E-state index contributed by atoms with van der Waals surface area (Å²) in [6.45, 7) is 0. The first-order chi connectivity index (χ1) is 9.56. The number of urea groups is 1. The molecular weight excluding hydrogens is 282 g/mol. The van der Waals surface area contributed by atoms with Gasteiger partial charge < -0.3 is 10.4 Å². The lowest BCUT2D eigenvalue weighted by Crippen LogP contribution is -2.20. The van der Waals surface area contributed by atoms with Crippen molar-refractivity contribution in [3.8, 4) is 0 Å². The van der Waals surface area contributed by atoms with E-state index in [4.69, 9.17) is 16.7 Å². The number of aromatic carboxylic acids is 1. The molecule has 2 amide bonds. The number of benzene rings is 1. The van der Waals surface area contributed by atoms with Crippen molar-refractivity contribution in [3.05, 3.63) is 53.2 Å². The van der Waals surface area contributed by atoms with Crippen molar-refractivity contribution in [2.75, 3.05) is 10.6 Å². The van der Waals surface area contributed by atoms with E-state index in [0.29, 0.717) is 10.7 Å². The molecule has 2 aromatic rings. The number of hydrogen-bond acceptors (Lipinski definition) is 3. The number of para-hydroxylation sites is 1. The summed E-state index contributed by atoms with van der Waals surface area (Å²) in [7, 11) is 0. The molecule has 0 aliphatic carbocycles. The van der Waals surface area contributed by atoms with E-state index in [1.807, 2.05) is 0 Å². The molecule has 0 saturated carbocycles.